The van der Waals surface area contributed by atoms with E-state index in [0.29, 0.717) is 18.0 Å². The van der Waals surface area contributed by atoms with Gasteiger partial charge in [0.25, 0.3) is 0 Å². The second-order valence-electron chi connectivity index (χ2n) is 3.81. The number of carboxylic acid groups (broad SMARTS) is 1. The number of hydrogen-bond acceptors (Lipinski definition) is 2. The molecule has 5 heteroatoms. The van der Waals surface area contributed by atoms with Gasteiger partial charge in [-0.3, -0.25) is 4.79 Å². The molecule has 1 rings (SSSR count). The Morgan fingerprint density at radius 3 is 2.82 bits per heavy atom. The maximum atomic E-state index is 10.9. The van der Waals surface area contributed by atoms with Gasteiger partial charge in [-0.2, -0.15) is 0 Å². The number of hydrogen-bond donors (Lipinski definition) is 2. The maximum Gasteiger partial charge on any atom is 0.320 e. The molecular formula is C12H15BrClNO2. The van der Waals surface area contributed by atoms with E-state index < -0.39 is 12.0 Å². The van der Waals surface area contributed by atoms with Gasteiger partial charge < -0.3 is 10.4 Å². The lowest BCUT2D eigenvalue weighted by Gasteiger charge is -2.13. The van der Waals surface area contributed by atoms with Crippen molar-refractivity contribution >= 4 is 33.5 Å². The molecule has 0 amide bonds. The quantitative estimate of drug-likeness (QED) is 0.844. The standard InChI is InChI=1S/C12H15BrClNO2/c1-2-3-11(12(16)17)15-7-8-4-5-9(13)10(14)6-8/h4-6,11,15H,2-3,7H2,1H3,(H,16,17). The van der Waals surface area contributed by atoms with E-state index >= 15 is 0 Å². The average Bonchev–Trinajstić information content (AvgIpc) is 2.28. The Bertz CT molecular complexity index is 398. The summed E-state index contributed by atoms with van der Waals surface area (Å²) in [7, 11) is 0. The lowest BCUT2D eigenvalue weighted by molar-refractivity contribution is -0.139. The first kappa shape index (κ1) is 14.5. The van der Waals surface area contributed by atoms with Gasteiger partial charge in [-0.05, 0) is 40.0 Å². The van der Waals surface area contributed by atoms with Crippen LogP contribution >= 0.6 is 27.5 Å². The first-order chi connectivity index (χ1) is 8.04. The molecule has 0 aromatic heterocycles. The van der Waals surface area contributed by atoms with Gasteiger partial charge in [0.2, 0.25) is 0 Å². The topological polar surface area (TPSA) is 49.3 Å². The van der Waals surface area contributed by atoms with E-state index in [-0.39, 0.29) is 0 Å². The molecular weight excluding hydrogens is 305 g/mol. The molecule has 1 atom stereocenters. The molecule has 0 fully saturated rings. The van der Waals surface area contributed by atoms with Crippen LogP contribution in [0.15, 0.2) is 22.7 Å². The molecule has 0 spiro atoms. The van der Waals surface area contributed by atoms with Crippen molar-refractivity contribution in [3.63, 3.8) is 0 Å². The largest absolute Gasteiger partial charge is 0.480 e. The zero-order valence-corrected chi connectivity index (χ0v) is 11.9. The number of rotatable bonds is 6. The molecule has 0 bridgehead atoms. The second kappa shape index (κ2) is 6.99. The van der Waals surface area contributed by atoms with Gasteiger partial charge in [0.15, 0.2) is 0 Å². The number of aliphatic carboxylic acids is 1. The highest BCUT2D eigenvalue weighted by molar-refractivity contribution is 9.10. The third-order valence-corrected chi connectivity index (χ3v) is 3.64. The van der Waals surface area contributed by atoms with Crippen LogP contribution in [-0.4, -0.2) is 17.1 Å². The molecule has 0 heterocycles. The first-order valence-corrected chi connectivity index (χ1v) is 6.61. The third-order valence-electron chi connectivity index (χ3n) is 2.41. The summed E-state index contributed by atoms with van der Waals surface area (Å²) in [5, 5.41) is 12.6. The minimum Gasteiger partial charge on any atom is -0.480 e. The fourth-order valence-corrected chi connectivity index (χ4v) is 1.94. The average molecular weight is 321 g/mol. The molecule has 0 saturated carbocycles. The molecule has 0 aliphatic rings. The Labute approximate surface area is 114 Å². The maximum absolute atomic E-state index is 10.9. The predicted octanol–water partition coefficient (Wildman–Crippen LogP) is 3.45. The number of halogens is 2. The summed E-state index contributed by atoms with van der Waals surface area (Å²) in [4.78, 5) is 10.9. The fourth-order valence-electron chi connectivity index (χ4n) is 1.49. The van der Waals surface area contributed by atoms with E-state index in [1.807, 2.05) is 25.1 Å². The highest BCUT2D eigenvalue weighted by atomic mass is 79.9. The van der Waals surface area contributed by atoms with Crippen LogP contribution in [0.3, 0.4) is 0 Å². The number of benzene rings is 1. The van der Waals surface area contributed by atoms with Crippen LogP contribution in [0.4, 0.5) is 0 Å². The minimum absolute atomic E-state index is 0.498. The Morgan fingerprint density at radius 1 is 1.59 bits per heavy atom. The van der Waals surface area contributed by atoms with Crippen LogP contribution < -0.4 is 5.32 Å². The number of carboxylic acids is 1. The molecule has 0 radical (unpaired) electrons. The minimum atomic E-state index is -0.810. The Hall–Kier alpha value is -0.580. The summed E-state index contributed by atoms with van der Waals surface area (Å²) < 4.78 is 0.839. The highest BCUT2D eigenvalue weighted by Gasteiger charge is 2.15. The molecule has 2 N–H and O–H groups in total. The van der Waals surface area contributed by atoms with Crippen LogP contribution in [0.25, 0.3) is 0 Å². The molecule has 94 valence electrons. The van der Waals surface area contributed by atoms with Crippen molar-refractivity contribution in [2.45, 2.75) is 32.4 Å². The summed E-state index contributed by atoms with van der Waals surface area (Å²) in [5.74, 6) is -0.810. The Morgan fingerprint density at radius 2 is 2.29 bits per heavy atom. The van der Waals surface area contributed by atoms with Gasteiger partial charge in [0.1, 0.15) is 6.04 Å². The zero-order valence-electron chi connectivity index (χ0n) is 9.54. The summed E-state index contributed by atoms with van der Waals surface area (Å²) in [6, 6.07) is 5.09. The smallest absolute Gasteiger partial charge is 0.320 e. The van der Waals surface area contributed by atoms with Crippen molar-refractivity contribution in [2.24, 2.45) is 0 Å². The van der Waals surface area contributed by atoms with Gasteiger partial charge in [0.05, 0.1) is 5.02 Å². The normalized spacial score (nSPS) is 12.4. The van der Waals surface area contributed by atoms with E-state index in [2.05, 4.69) is 21.2 Å². The van der Waals surface area contributed by atoms with Gasteiger partial charge in [-0.1, -0.05) is 31.0 Å². The van der Waals surface area contributed by atoms with Crippen LogP contribution in [-0.2, 0) is 11.3 Å². The SMILES string of the molecule is CCCC(NCc1ccc(Br)c(Cl)c1)C(=O)O. The first-order valence-electron chi connectivity index (χ1n) is 5.44. The Balaban J connectivity index is 2.59. The van der Waals surface area contributed by atoms with Crippen LogP contribution in [0.1, 0.15) is 25.3 Å². The van der Waals surface area contributed by atoms with Crippen molar-refractivity contribution in [1.29, 1.82) is 0 Å². The Kier molecular flexibility index (Phi) is 5.95. The molecule has 3 nitrogen and oxygen atoms in total. The number of nitrogens with one attached hydrogen (secondary N) is 1. The lowest BCUT2D eigenvalue weighted by atomic mass is 10.1. The van der Waals surface area contributed by atoms with Gasteiger partial charge in [-0.25, -0.2) is 0 Å². The summed E-state index contributed by atoms with van der Waals surface area (Å²) >= 11 is 9.27. The fraction of sp³-hybridized carbons (Fsp3) is 0.417. The summed E-state index contributed by atoms with van der Waals surface area (Å²) in [5.41, 5.74) is 0.973. The van der Waals surface area contributed by atoms with Crippen LogP contribution in [0.2, 0.25) is 5.02 Å². The van der Waals surface area contributed by atoms with Crippen molar-refractivity contribution in [1.82, 2.24) is 5.32 Å². The second-order valence-corrected chi connectivity index (χ2v) is 5.07. The van der Waals surface area contributed by atoms with Crippen molar-refractivity contribution < 1.29 is 9.90 Å². The zero-order chi connectivity index (χ0) is 12.8. The third kappa shape index (κ3) is 4.66. The van der Waals surface area contributed by atoms with Crippen LogP contribution in [0.5, 0.6) is 0 Å². The number of carbonyl (C=O) groups is 1. The van der Waals surface area contributed by atoms with Gasteiger partial charge >= 0.3 is 5.97 Å². The van der Waals surface area contributed by atoms with Gasteiger partial charge in [-0.15, -0.1) is 0 Å². The molecule has 1 aromatic rings. The monoisotopic (exact) mass is 319 g/mol. The van der Waals surface area contributed by atoms with E-state index in [0.717, 1.165) is 16.5 Å². The van der Waals surface area contributed by atoms with Crippen LogP contribution in [0, 0.1) is 0 Å². The molecule has 0 aliphatic carbocycles. The van der Waals surface area contributed by atoms with E-state index in [9.17, 15) is 4.79 Å². The summed E-state index contributed by atoms with van der Waals surface area (Å²) in [6.07, 6.45) is 1.46. The van der Waals surface area contributed by atoms with Crippen molar-refractivity contribution in [3.8, 4) is 0 Å². The molecule has 1 unspecified atom stereocenters. The highest BCUT2D eigenvalue weighted by Crippen LogP contribution is 2.23. The van der Waals surface area contributed by atoms with E-state index in [4.69, 9.17) is 16.7 Å². The molecule has 0 aliphatic heterocycles. The lowest BCUT2D eigenvalue weighted by Crippen LogP contribution is -2.35. The molecule has 17 heavy (non-hydrogen) atoms. The molecule has 1 aromatic carbocycles. The predicted molar refractivity (Wildman–Crippen MR) is 72.3 cm³/mol. The van der Waals surface area contributed by atoms with Gasteiger partial charge in [0, 0.05) is 11.0 Å². The van der Waals surface area contributed by atoms with Crippen molar-refractivity contribution in [3.05, 3.63) is 33.3 Å². The van der Waals surface area contributed by atoms with Crippen molar-refractivity contribution in [2.75, 3.05) is 0 Å². The van der Waals surface area contributed by atoms with E-state index in [1.54, 1.807) is 0 Å². The molecule has 0 saturated heterocycles. The van der Waals surface area contributed by atoms with E-state index in [1.165, 1.54) is 0 Å². The summed E-state index contributed by atoms with van der Waals surface area (Å²) in [6.45, 7) is 2.47.